The SMILES string of the molecule is Cc1c(C#CC2CC2)ccnc1C(N)=O. The Morgan fingerprint density at radius 1 is 1.60 bits per heavy atom. The van der Waals surface area contributed by atoms with E-state index in [1.807, 2.05) is 13.0 Å². The lowest BCUT2D eigenvalue weighted by Crippen LogP contribution is -2.15. The van der Waals surface area contributed by atoms with Gasteiger partial charge in [0.1, 0.15) is 5.69 Å². The molecule has 0 saturated heterocycles. The molecule has 15 heavy (non-hydrogen) atoms. The fraction of sp³-hybridized carbons (Fsp3) is 0.333. The fourth-order valence-corrected chi connectivity index (χ4v) is 1.33. The molecule has 3 nitrogen and oxygen atoms in total. The van der Waals surface area contributed by atoms with E-state index in [9.17, 15) is 4.79 Å². The highest BCUT2D eigenvalue weighted by atomic mass is 16.1. The molecular formula is C12H12N2O. The van der Waals surface area contributed by atoms with E-state index in [-0.39, 0.29) is 0 Å². The Bertz CT molecular complexity index is 464. The van der Waals surface area contributed by atoms with Crippen LogP contribution in [0.1, 0.15) is 34.5 Å². The molecule has 0 spiro atoms. The van der Waals surface area contributed by atoms with Gasteiger partial charge in [0, 0.05) is 17.7 Å². The molecule has 1 aliphatic carbocycles. The Balaban J connectivity index is 2.36. The second kappa shape index (κ2) is 3.74. The van der Waals surface area contributed by atoms with Crippen molar-refractivity contribution in [3.63, 3.8) is 0 Å². The summed E-state index contributed by atoms with van der Waals surface area (Å²) in [6.45, 7) is 1.82. The lowest BCUT2D eigenvalue weighted by molar-refractivity contribution is 0.0995. The first kappa shape index (κ1) is 9.72. The zero-order chi connectivity index (χ0) is 10.8. The molecule has 1 heterocycles. The number of hydrogen-bond acceptors (Lipinski definition) is 2. The molecule has 1 fully saturated rings. The Kier molecular flexibility index (Phi) is 2.42. The van der Waals surface area contributed by atoms with Crippen molar-refractivity contribution in [3.05, 3.63) is 29.1 Å². The molecule has 2 N–H and O–H groups in total. The van der Waals surface area contributed by atoms with Crippen LogP contribution in [0.3, 0.4) is 0 Å². The number of nitrogens with zero attached hydrogens (tertiary/aromatic N) is 1. The minimum atomic E-state index is -0.498. The Morgan fingerprint density at radius 3 is 2.93 bits per heavy atom. The van der Waals surface area contributed by atoms with E-state index < -0.39 is 5.91 Å². The molecule has 0 radical (unpaired) electrons. The molecule has 2 rings (SSSR count). The molecule has 1 aromatic heterocycles. The molecule has 0 aromatic carbocycles. The van der Waals surface area contributed by atoms with Crippen LogP contribution in [0.15, 0.2) is 12.3 Å². The zero-order valence-electron chi connectivity index (χ0n) is 8.58. The van der Waals surface area contributed by atoms with Crippen LogP contribution in [0.5, 0.6) is 0 Å². The van der Waals surface area contributed by atoms with E-state index in [0.29, 0.717) is 11.6 Å². The number of hydrogen-bond donors (Lipinski definition) is 1. The maximum Gasteiger partial charge on any atom is 0.267 e. The highest BCUT2D eigenvalue weighted by Gasteiger charge is 2.18. The van der Waals surface area contributed by atoms with Crippen molar-refractivity contribution in [1.82, 2.24) is 4.98 Å². The Labute approximate surface area is 88.7 Å². The lowest BCUT2D eigenvalue weighted by Gasteiger charge is -2.01. The van der Waals surface area contributed by atoms with Crippen LogP contribution >= 0.6 is 0 Å². The van der Waals surface area contributed by atoms with Crippen molar-refractivity contribution in [1.29, 1.82) is 0 Å². The van der Waals surface area contributed by atoms with Crippen LogP contribution < -0.4 is 5.73 Å². The van der Waals surface area contributed by atoms with Gasteiger partial charge in [-0.15, -0.1) is 0 Å². The summed E-state index contributed by atoms with van der Waals surface area (Å²) >= 11 is 0. The predicted octanol–water partition coefficient (Wildman–Crippen LogP) is 1.25. The highest BCUT2D eigenvalue weighted by molar-refractivity contribution is 5.92. The van der Waals surface area contributed by atoms with Crippen LogP contribution in [-0.4, -0.2) is 10.9 Å². The van der Waals surface area contributed by atoms with Gasteiger partial charge in [0.15, 0.2) is 0 Å². The minimum Gasteiger partial charge on any atom is -0.364 e. The molecular weight excluding hydrogens is 188 g/mol. The van der Waals surface area contributed by atoms with E-state index in [1.165, 1.54) is 12.8 Å². The quantitative estimate of drug-likeness (QED) is 0.693. The molecule has 0 aliphatic heterocycles. The van der Waals surface area contributed by atoms with Crippen molar-refractivity contribution in [2.75, 3.05) is 0 Å². The predicted molar refractivity (Wildman–Crippen MR) is 57.1 cm³/mol. The molecule has 1 saturated carbocycles. The van der Waals surface area contributed by atoms with Crippen molar-refractivity contribution < 1.29 is 4.79 Å². The van der Waals surface area contributed by atoms with E-state index in [1.54, 1.807) is 6.20 Å². The van der Waals surface area contributed by atoms with Crippen molar-refractivity contribution in [2.45, 2.75) is 19.8 Å². The number of amides is 1. The van der Waals surface area contributed by atoms with Crippen LogP contribution in [0.2, 0.25) is 0 Å². The standard InChI is InChI=1S/C12H12N2O/c1-8-10(5-4-9-2-3-9)6-7-14-11(8)12(13)15/h6-7,9H,2-3H2,1H3,(H2,13,15). The first-order valence-electron chi connectivity index (χ1n) is 4.95. The van der Waals surface area contributed by atoms with Gasteiger partial charge >= 0.3 is 0 Å². The number of nitrogens with two attached hydrogens (primary N) is 1. The molecule has 0 unspecified atom stereocenters. The maximum atomic E-state index is 11.0. The summed E-state index contributed by atoms with van der Waals surface area (Å²) in [5.41, 5.74) is 7.15. The largest absolute Gasteiger partial charge is 0.364 e. The molecule has 1 aromatic rings. The normalized spacial score (nSPS) is 14.2. The van der Waals surface area contributed by atoms with Gasteiger partial charge in [-0.2, -0.15) is 0 Å². The third-order valence-corrected chi connectivity index (χ3v) is 2.43. The minimum absolute atomic E-state index is 0.317. The highest BCUT2D eigenvalue weighted by Crippen LogP contribution is 2.27. The summed E-state index contributed by atoms with van der Waals surface area (Å²) in [5, 5.41) is 0. The zero-order valence-corrected chi connectivity index (χ0v) is 8.58. The van der Waals surface area contributed by atoms with Gasteiger partial charge in [0.25, 0.3) is 5.91 Å². The average molecular weight is 200 g/mol. The monoisotopic (exact) mass is 200 g/mol. The Hall–Kier alpha value is -1.82. The summed E-state index contributed by atoms with van der Waals surface area (Å²) in [7, 11) is 0. The third kappa shape index (κ3) is 2.16. The summed E-state index contributed by atoms with van der Waals surface area (Å²) in [5.74, 6) is 6.28. The van der Waals surface area contributed by atoms with Crippen molar-refractivity contribution in [2.24, 2.45) is 11.7 Å². The van der Waals surface area contributed by atoms with Crippen molar-refractivity contribution in [3.8, 4) is 11.8 Å². The van der Waals surface area contributed by atoms with Crippen LogP contribution in [-0.2, 0) is 0 Å². The van der Waals surface area contributed by atoms with Crippen LogP contribution in [0, 0.1) is 24.7 Å². The summed E-state index contributed by atoms with van der Waals surface area (Å²) in [6, 6.07) is 1.82. The molecule has 0 bridgehead atoms. The van der Waals surface area contributed by atoms with Gasteiger partial charge in [-0.3, -0.25) is 9.78 Å². The maximum absolute atomic E-state index is 11.0. The Morgan fingerprint density at radius 2 is 2.33 bits per heavy atom. The molecule has 1 aliphatic rings. The number of aromatic nitrogens is 1. The molecule has 0 atom stereocenters. The van der Waals surface area contributed by atoms with Gasteiger partial charge < -0.3 is 5.73 Å². The van der Waals surface area contributed by atoms with E-state index >= 15 is 0 Å². The molecule has 1 amide bonds. The molecule has 76 valence electrons. The van der Waals surface area contributed by atoms with Gasteiger partial charge in [0.05, 0.1) is 0 Å². The summed E-state index contributed by atoms with van der Waals surface area (Å²) in [6.07, 6.45) is 3.96. The number of carbonyl (C=O) groups excluding carboxylic acids is 1. The van der Waals surface area contributed by atoms with Crippen molar-refractivity contribution >= 4 is 5.91 Å². The van der Waals surface area contributed by atoms with Gasteiger partial charge in [0.2, 0.25) is 0 Å². The number of rotatable bonds is 1. The number of primary amides is 1. The van der Waals surface area contributed by atoms with E-state index in [2.05, 4.69) is 16.8 Å². The number of pyridine rings is 1. The van der Waals surface area contributed by atoms with Crippen LogP contribution in [0.4, 0.5) is 0 Å². The topological polar surface area (TPSA) is 56.0 Å². The first-order valence-corrected chi connectivity index (χ1v) is 4.95. The molecule has 3 heteroatoms. The number of carbonyl (C=O) groups is 1. The van der Waals surface area contributed by atoms with Gasteiger partial charge in [-0.1, -0.05) is 11.8 Å². The van der Waals surface area contributed by atoms with Gasteiger partial charge in [-0.25, -0.2) is 0 Å². The fourth-order valence-electron chi connectivity index (χ4n) is 1.33. The lowest BCUT2D eigenvalue weighted by atomic mass is 10.1. The second-order valence-electron chi connectivity index (χ2n) is 3.74. The van der Waals surface area contributed by atoms with E-state index in [0.717, 1.165) is 11.1 Å². The van der Waals surface area contributed by atoms with Gasteiger partial charge in [-0.05, 0) is 31.4 Å². The van der Waals surface area contributed by atoms with E-state index in [4.69, 9.17) is 5.73 Å². The van der Waals surface area contributed by atoms with Crippen LogP contribution in [0.25, 0.3) is 0 Å². The second-order valence-corrected chi connectivity index (χ2v) is 3.74. The smallest absolute Gasteiger partial charge is 0.267 e. The summed E-state index contributed by atoms with van der Waals surface area (Å²) in [4.78, 5) is 15.0. The summed E-state index contributed by atoms with van der Waals surface area (Å²) < 4.78 is 0. The third-order valence-electron chi connectivity index (χ3n) is 2.43. The average Bonchev–Trinajstić information content (AvgIpc) is 2.99. The first-order chi connectivity index (χ1) is 7.18.